The van der Waals surface area contributed by atoms with Gasteiger partial charge in [0.25, 0.3) is 5.69 Å². The van der Waals surface area contributed by atoms with E-state index in [1.165, 1.54) is 24.3 Å². The van der Waals surface area contributed by atoms with E-state index in [2.05, 4.69) is 0 Å². The first-order chi connectivity index (χ1) is 7.06. The first-order valence-electron chi connectivity index (χ1n) is 4.35. The maximum Gasteiger partial charge on any atom is 0.269 e. The molecule has 0 bridgehead atoms. The van der Waals surface area contributed by atoms with Gasteiger partial charge >= 0.3 is 0 Å². The van der Waals surface area contributed by atoms with Crippen LogP contribution in [0.3, 0.4) is 0 Å². The minimum absolute atomic E-state index is 0.0523. The van der Waals surface area contributed by atoms with Crippen molar-refractivity contribution in [2.24, 2.45) is 5.73 Å². The second-order valence-corrected chi connectivity index (χ2v) is 3.14. The lowest BCUT2D eigenvalue weighted by Crippen LogP contribution is -2.31. The SMILES string of the molecule is N[C@H](CO)C(O)c1ccc([N+](=O)[O-])cc1. The number of benzene rings is 1. The molecule has 0 saturated heterocycles. The average Bonchev–Trinajstić information content (AvgIpc) is 2.27. The molecule has 1 aromatic rings. The molecule has 2 atom stereocenters. The second-order valence-electron chi connectivity index (χ2n) is 3.14. The normalized spacial score (nSPS) is 14.6. The molecule has 0 aliphatic rings. The van der Waals surface area contributed by atoms with Crippen LogP contribution in [0.4, 0.5) is 5.69 Å². The molecule has 0 aliphatic carbocycles. The van der Waals surface area contributed by atoms with Crippen LogP contribution in [0.1, 0.15) is 11.7 Å². The number of aliphatic hydroxyl groups is 2. The van der Waals surface area contributed by atoms with E-state index >= 15 is 0 Å². The standard InChI is InChI=1S/C9H12N2O4/c10-8(5-12)9(13)6-1-3-7(4-2-6)11(14)15/h1-4,8-9,12-13H,5,10H2/t8-,9?/m1/s1. The summed E-state index contributed by atoms with van der Waals surface area (Å²) in [5.41, 5.74) is 5.81. The number of nitrogens with zero attached hydrogens (tertiary/aromatic N) is 1. The van der Waals surface area contributed by atoms with E-state index in [4.69, 9.17) is 10.8 Å². The molecular weight excluding hydrogens is 200 g/mol. The van der Waals surface area contributed by atoms with Gasteiger partial charge in [-0.1, -0.05) is 0 Å². The molecule has 0 fully saturated rings. The van der Waals surface area contributed by atoms with Crippen LogP contribution in [-0.2, 0) is 0 Å². The lowest BCUT2D eigenvalue weighted by Gasteiger charge is -2.16. The maximum absolute atomic E-state index is 10.4. The van der Waals surface area contributed by atoms with Crippen LogP contribution < -0.4 is 5.73 Å². The summed E-state index contributed by atoms with van der Waals surface area (Å²) < 4.78 is 0. The Labute approximate surface area is 86.1 Å². The maximum atomic E-state index is 10.4. The number of nitrogens with two attached hydrogens (primary N) is 1. The van der Waals surface area contributed by atoms with Gasteiger partial charge in [0.05, 0.1) is 23.7 Å². The van der Waals surface area contributed by atoms with Crippen molar-refractivity contribution in [3.05, 3.63) is 39.9 Å². The second kappa shape index (κ2) is 4.83. The number of nitro benzene ring substituents is 1. The molecular formula is C9H12N2O4. The van der Waals surface area contributed by atoms with Crippen LogP contribution in [0.25, 0.3) is 0 Å². The largest absolute Gasteiger partial charge is 0.395 e. The Hall–Kier alpha value is -1.50. The molecule has 0 aromatic heterocycles. The Kier molecular flexibility index (Phi) is 3.73. The van der Waals surface area contributed by atoms with Crippen molar-refractivity contribution < 1.29 is 15.1 Å². The molecule has 15 heavy (non-hydrogen) atoms. The third kappa shape index (κ3) is 2.72. The van der Waals surface area contributed by atoms with Crippen molar-refractivity contribution in [1.29, 1.82) is 0 Å². The van der Waals surface area contributed by atoms with Gasteiger partial charge in [-0.3, -0.25) is 10.1 Å². The van der Waals surface area contributed by atoms with Gasteiger partial charge in [-0.05, 0) is 17.7 Å². The Morgan fingerprint density at radius 2 is 1.93 bits per heavy atom. The fourth-order valence-corrected chi connectivity index (χ4v) is 1.14. The van der Waals surface area contributed by atoms with Gasteiger partial charge in [-0.15, -0.1) is 0 Å². The van der Waals surface area contributed by atoms with Crippen LogP contribution in [0, 0.1) is 10.1 Å². The Morgan fingerprint density at radius 1 is 1.40 bits per heavy atom. The summed E-state index contributed by atoms with van der Waals surface area (Å²) >= 11 is 0. The molecule has 1 rings (SSSR count). The van der Waals surface area contributed by atoms with E-state index in [0.29, 0.717) is 5.56 Å². The van der Waals surface area contributed by atoms with Crippen molar-refractivity contribution in [1.82, 2.24) is 0 Å². The summed E-state index contributed by atoms with van der Waals surface area (Å²) in [4.78, 5) is 9.82. The lowest BCUT2D eigenvalue weighted by atomic mass is 10.0. The molecule has 0 aliphatic heterocycles. The van der Waals surface area contributed by atoms with E-state index in [0.717, 1.165) is 0 Å². The summed E-state index contributed by atoms with van der Waals surface area (Å²) in [5.74, 6) is 0. The number of hydrogen-bond donors (Lipinski definition) is 3. The molecule has 1 unspecified atom stereocenters. The third-order valence-corrected chi connectivity index (χ3v) is 2.06. The highest BCUT2D eigenvalue weighted by Gasteiger charge is 2.16. The number of hydrogen-bond acceptors (Lipinski definition) is 5. The van der Waals surface area contributed by atoms with E-state index in [9.17, 15) is 15.2 Å². The summed E-state index contributed by atoms with van der Waals surface area (Å²) in [7, 11) is 0. The molecule has 4 N–H and O–H groups in total. The highest BCUT2D eigenvalue weighted by molar-refractivity contribution is 5.34. The fraction of sp³-hybridized carbons (Fsp3) is 0.333. The van der Waals surface area contributed by atoms with Gasteiger partial charge in [-0.2, -0.15) is 0 Å². The van der Waals surface area contributed by atoms with Gasteiger partial charge in [0, 0.05) is 12.1 Å². The average molecular weight is 212 g/mol. The predicted molar refractivity (Wildman–Crippen MR) is 53.1 cm³/mol. The minimum Gasteiger partial charge on any atom is -0.395 e. The summed E-state index contributed by atoms with van der Waals surface area (Å²) in [6.45, 7) is -0.349. The molecule has 6 heteroatoms. The molecule has 0 radical (unpaired) electrons. The number of nitro groups is 1. The molecule has 0 spiro atoms. The summed E-state index contributed by atoms with van der Waals surface area (Å²) in [5, 5.41) is 28.6. The van der Waals surface area contributed by atoms with Crippen LogP contribution in [0.5, 0.6) is 0 Å². The first kappa shape index (κ1) is 11.6. The zero-order valence-corrected chi connectivity index (χ0v) is 7.91. The van der Waals surface area contributed by atoms with Gasteiger partial charge < -0.3 is 15.9 Å². The molecule has 0 amide bonds. The Bertz CT molecular complexity index is 338. The highest BCUT2D eigenvalue weighted by atomic mass is 16.6. The monoisotopic (exact) mass is 212 g/mol. The molecule has 82 valence electrons. The first-order valence-corrected chi connectivity index (χ1v) is 4.35. The lowest BCUT2D eigenvalue weighted by molar-refractivity contribution is -0.384. The van der Waals surface area contributed by atoms with Crippen molar-refractivity contribution in [3.8, 4) is 0 Å². The number of aliphatic hydroxyl groups excluding tert-OH is 2. The van der Waals surface area contributed by atoms with Crippen molar-refractivity contribution in [2.75, 3.05) is 6.61 Å². The van der Waals surface area contributed by atoms with Crippen molar-refractivity contribution in [2.45, 2.75) is 12.1 Å². The van der Waals surface area contributed by atoms with Crippen LogP contribution in [0.15, 0.2) is 24.3 Å². The zero-order valence-electron chi connectivity index (χ0n) is 7.91. The minimum atomic E-state index is -1.02. The van der Waals surface area contributed by atoms with Crippen LogP contribution >= 0.6 is 0 Å². The molecule has 1 aromatic carbocycles. The van der Waals surface area contributed by atoms with Gasteiger partial charge in [0.1, 0.15) is 0 Å². The number of rotatable bonds is 4. The zero-order chi connectivity index (χ0) is 11.4. The van der Waals surface area contributed by atoms with E-state index in [-0.39, 0.29) is 12.3 Å². The third-order valence-electron chi connectivity index (χ3n) is 2.06. The topological polar surface area (TPSA) is 110 Å². The van der Waals surface area contributed by atoms with E-state index in [1.54, 1.807) is 0 Å². The van der Waals surface area contributed by atoms with E-state index < -0.39 is 17.1 Å². The smallest absolute Gasteiger partial charge is 0.269 e. The van der Waals surface area contributed by atoms with Crippen molar-refractivity contribution in [3.63, 3.8) is 0 Å². The Balaban J connectivity index is 2.84. The number of non-ortho nitro benzene ring substituents is 1. The molecule has 6 nitrogen and oxygen atoms in total. The summed E-state index contributed by atoms with van der Waals surface area (Å²) in [6.07, 6.45) is -1.02. The van der Waals surface area contributed by atoms with Gasteiger partial charge in [0.2, 0.25) is 0 Å². The van der Waals surface area contributed by atoms with Gasteiger partial charge in [-0.25, -0.2) is 0 Å². The summed E-state index contributed by atoms with van der Waals surface area (Å²) in [6, 6.07) is 4.61. The fourth-order valence-electron chi connectivity index (χ4n) is 1.14. The van der Waals surface area contributed by atoms with Gasteiger partial charge in [0.15, 0.2) is 0 Å². The predicted octanol–water partition coefficient (Wildman–Crippen LogP) is -0.0522. The van der Waals surface area contributed by atoms with Crippen LogP contribution in [0.2, 0.25) is 0 Å². The Morgan fingerprint density at radius 3 is 2.33 bits per heavy atom. The molecule has 0 heterocycles. The van der Waals surface area contributed by atoms with E-state index in [1.807, 2.05) is 0 Å². The van der Waals surface area contributed by atoms with Crippen molar-refractivity contribution >= 4 is 5.69 Å². The molecule has 0 saturated carbocycles. The highest BCUT2D eigenvalue weighted by Crippen LogP contribution is 2.19. The van der Waals surface area contributed by atoms with Crippen LogP contribution in [-0.4, -0.2) is 27.8 Å². The quantitative estimate of drug-likeness (QED) is 0.478.